The maximum atomic E-state index is 12.5. The van der Waals surface area contributed by atoms with Crippen molar-refractivity contribution in [2.24, 2.45) is 16.9 Å². The predicted molar refractivity (Wildman–Crippen MR) is 98.9 cm³/mol. The van der Waals surface area contributed by atoms with Crippen molar-refractivity contribution in [3.05, 3.63) is 35.9 Å². The fraction of sp³-hybridized carbons (Fsp3) is 0.412. The number of carbonyl (C=O) groups excluding carboxylic acids is 3. The van der Waals surface area contributed by atoms with Gasteiger partial charge in [-0.3, -0.25) is 14.4 Å². The first-order valence-electron chi connectivity index (χ1n) is 8.44. The molecule has 1 aromatic carbocycles. The number of fused-ring (bicyclic) bond motifs is 1. The molecular formula is C17H20N4O6S. The minimum atomic E-state index is -1.44. The summed E-state index contributed by atoms with van der Waals surface area (Å²) in [4.78, 5) is 48.8. The van der Waals surface area contributed by atoms with E-state index in [-0.39, 0.29) is 12.3 Å². The Morgan fingerprint density at radius 2 is 2.04 bits per heavy atom. The lowest BCUT2D eigenvalue weighted by Crippen LogP contribution is -2.74. The number of β-lactam (4-membered cyclic amide) rings is 1. The molecule has 2 fully saturated rings. The molecule has 0 spiro atoms. The van der Waals surface area contributed by atoms with Crippen LogP contribution < -0.4 is 16.8 Å². The van der Waals surface area contributed by atoms with Gasteiger partial charge in [0.2, 0.25) is 11.8 Å². The summed E-state index contributed by atoms with van der Waals surface area (Å²) in [5.41, 5.74) is 10.0. The standard InChI is InChI=1S/C17H20N4O6S/c18-10(9-4-2-1-3-5-9)12(22)20-11-13(23)21-6-17(15(24)25,7-27-16(19)26)8-28-14(11)21/h1-5,10-11,14H,6-8,18H2,(H2,19,26)(H,20,22)(H,24,25)/t10?,11?,14-,17?/m1/s1. The molecule has 3 rings (SSSR count). The SMILES string of the molecule is NC(=O)OCC1(C(=O)O)CS[C@@H]2C(NC(=O)C(N)c3ccccc3)C(=O)N2C1. The molecule has 3 amide bonds. The number of thioether (sulfide) groups is 1. The Morgan fingerprint density at radius 1 is 1.36 bits per heavy atom. The highest BCUT2D eigenvalue weighted by atomic mass is 32.2. The molecule has 2 saturated heterocycles. The molecule has 2 aliphatic rings. The maximum absolute atomic E-state index is 12.5. The van der Waals surface area contributed by atoms with Crippen molar-refractivity contribution in [3.8, 4) is 0 Å². The van der Waals surface area contributed by atoms with E-state index in [1.165, 1.54) is 16.7 Å². The van der Waals surface area contributed by atoms with Crippen molar-refractivity contribution in [2.75, 3.05) is 18.9 Å². The van der Waals surface area contributed by atoms with E-state index in [2.05, 4.69) is 10.1 Å². The summed E-state index contributed by atoms with van der Waals surface area (Å²) in [5, 5.41) is 11.8. The van der Waals surface area contributed by atoms with Gasteiger partial charge in [-0.2, -0.15) is 0 Å². The third-order valence-electron chi connectivity index (χ3n) is 4.83. The highest BCUT2D eigenvalue weighted by molar-refractivity contribution is 8.00. The lowest BCUT2D eigenvalue weighted by Gasteiger charge is -2.53. The van der Waals surface area contributed by atoms with Crippen LogP contribution in [0.15, 0.2) is 30.3 Å². The number of benzene rings is 1. The van der Waals surface area contributed by atoms with E-state index in [1.807, 2.05) is 0 Å². The third-order valence-corrected chi connectivity index (χ3v) is 6.42. The zero-order valence-electron chi connectivity index (χ0n) is 14.7. The van der Waals surface area contributed by atoms with Gasteiger partial charge < -0.3 is 31.5 Å². The van der Waals surface area contributed by atoms with Crippen LogP contribution in [0.25, 0.3) is 0 Å². The largest absolute Gasteiger partial charge is 0.481 e. The molecule has 10 nitrogen and oxygen atoms in total. The van der Waals surface area contributed by atoms with Gasteiger partial charge in [0.25, 0.3) is 0 Å². The molecule has 150 valence electrons. The summed E-state index contributed by atoms with van der Waals surface area (Å²) in [6.45, 7) is -0.569. The summed E-state index contributed by atoms with van der Waals surface area (Å²) in [6.07, 6.45) is -1.08. The number of nitrogens with one attached hydrogen (secondary N) is 1. The van der Waals surface area contributed by atoms with Crippen molar-refractivity contribution in [1.29, 1.82) is 0 Å². The monoisotopic (exact) mass is 408 g/mol. The number of carboxylic acid groups (broad SMARTS) is 1. The Bertz CT molecular complexity index is 806. The van der Waals surface area contributed by atoms with Crippen LogP contribution in [0.5, 0.6) is 0 Å². The molecule has 2 aliphatic heterocycles. The number of carbonyl (C=O) groups is 4. The van der Waals surface area contributed by atoms with E-state index < -0.39 is 53.4 Å². The minimum absolute atomic E-state index is 0.0984. The Morgan fingerprint density at radius 3 is 2.64 bits per heavy atom. The Balaban J connectivity index is 1.64. The van der Waals surface area contributed by atoms with Gasteiger partial charge in [-0.15, -0.1) is 11.8 Å². The van der Waals surface area contributed by atoms with Crippen molar-refractivity contribution in [1.82, 2.24) is 10.2 Å². The van der Waals surface area contributed by atoms with E-state index in [9.17, 15) is 24.3 Å². The second kappa shape index (κ2) is 7.68. The lowest BCUT2D eigenvalue weighted by molar-refractivity contribution is -0.161. The van der Waals surface area contributed by atoms with Crippen LogP contribution in [0, 0.1) is 5.41 Å². The minimum Gasteiger partial charge on any atom is -0.481 e. The van der Waals surface area contributed by atoms with Crippen LogP contribution in [-0.4, -0.2) is 64.2 Å². The summed E-state index contributed by atoms with van der Waals surface area (Å²) >= 11 is 1.20. The Labute approximate surface area is 164 Å². The fourth-order valence-electron chi connectivity index (χ4n) is 3.17. The molecule has 1 aromatic rings. The van der Waals surface area contributed by atoms with Gasteiger partial charge in [-0.05, 0) is 5.56 Å². The average Bonchev–Trinajstić information content (AvgIpc) is 2.69. The highest BCUT2D eigenvalue weighted by Crippen LogP contribution is 2.42. The van der Waals surface area contributed by atoms with Gasteiger partial charge >= 0.3 is 12.1 Å². The van der Waals surface area contributed by atoms with E-state index in [0.29, 0.717) is 5.56 Å². The number of hydrogen-bond donors (Lipinski definition) is 4. The van der Waals surface area contributed by atoms with Gasteiger partial charge in [0.15, 0.2) is 0 Å². The molecule has 3 unspecified atom stereocenters. The number of aliphatic carboxylic acids is 1. The third kappa shape index (κ3) is 3.62. The quantitative estimate of drug-likeness (QED) is 0.447. The van der Waals surface area contributed by atoms with Crippen molar-refractivity contribution < 1.29 is 29.0 Å². The van der Waals surface area contributed by atoms with Crippen molar-refractivity contribution in [2.45, 2.75) is 17.5 Å². The molecule has 6 N–H and O–H groups in total. The molecule has 4 atom stereocenters. The molecular weight excluding hydrogens is 388 g/mol. The van der Waals surface area contributed by atoms with Crippen LogP contribution in [0.3, 0.4) is 0 Å². The number of nitrogens with two attached hydrogens (primary N) is 2. The summed E-state index contributed by atoms with van der Waals surface area (Å²) in [5.74, 6) is -1.99. The van der Waals surface area contributed by atoms with Crippen molar-refractivity contribution in [3.63, 3.8) is 0 Å². The Kier molecular flexibility index (Phi) is 5.47. The first kappa shape index (κ1) is 20.0. The van der Waals surface area contributed by atoms with Crippen LogP contribution in [0.4, 0.5) is 4.79 Å². The van der Waals surface area contributed by atoms with Gasteiger partial charge in [0, 0.05) is 12.3 Å². The average molecular weight is 408 g/mol. The van der Waals surface area contributed by atoms with Gasteiger partial charge in [0.1, 0.15) is 29.5 Å². The summed E-state index contributed by atoms with van der Waals surface area (Å²) < 4.78 is 4.68. The smallest absolute Gasteiger partial charge is 0.404 e. The number of amides is 3. The topological polar surface area (TPSA) is 165 Å². The summed E-state index contributed by atoms with van der Waals surface area (Å²) in [6, 6.07) is 7.06. The predicted octanol–water partition coefficient (Wildman–Crippen LogP) is -0.747. The number of carboxylic acids is 1. The van der Waals surface area contributed by atoms with Gasteiger partial charge in [-0.1, -0.05) is 30.3 Å². The zero-order valence-corrected chi connectivity index (χ0v) is 15.6. The molecule has 11 heteroatoms. The number of nitrogens with zero attached hydrogens (tertiary/aromatic N) is 1. The molecule has 0 aliphatic carbocycles. The lowest BCUT2D eigenvalue weighted by atomic mass is 9.88. The van der Waals surface area contributed by atoms with E-state index in [1.54, 1.807) is 30.3 Å². The molecule has 28 heavy (non-hydrogen) atoms. The first-order chi connectivity index (χ1) is 13.2. The van der Waals surface area contributed by atoms with E-state index >= 15 is 0 Å². The number of ether oxygens (including phenoxy) is 1. The van der Waals surface area contributed by atoms with Gasteiger partial charge in [0.05, 0.1) is 0 Å². The second-order valence-corrected chi connectivity index (χ2v) is 7.84. The molecule has 0 aromatic heterocycles. The van der Waals surface area contributed by atoms with Gasteiger partial charge in [-0.25, -0.2) is 4.79 Å². The molecule has 0 saturated carbocycles. The number of hydrogen-bond acceptors (Lipinski definition) is 7. The molecule has 0 bridgehead atoms. The second-order valence-electron chi connectivity index (χ2n) is 6.74. The van der Waals surface area contributed by atoms with Crippen LogP contribution in [0.1, 0.15) is 11.6 Å². The number of primary amides is 1. The van der Waals surface area contributed by atoms with Crippen LogP contribution >= 0.6 is 11.8 Å². The summed E-state index contributed by atoms with van der Waals surface area (Å²) in [7, 11) is 0. The highest BCUT2D eigenvalue weighted by Gasteiger charge is 2.58. The fourth-order valence-corrected chi connectivity index (χ4v) is 4.69. The van der Waals surface area contributed by atoms with Crippen molar-refractivity contribution >= 4 is 35.6 Å². The van der Waals surface area contributed by atoms with E-state index in [4.69, 9.17) is 11.5 Å². The van der Waals surface area contributed by atoms with E-state index in [0.717, 1.165) is 0 Å². The Hall–Kier alpha value is -2.79. The first-order valence-corrected chi connectivity index (χ1v) is 9.49. The van der Waals surface area contributed by atoms with Crippen LogP contribution in [-0.2, 0) is 19.1 Å². The zero-order chi connectivity index (χ0) is 20.5. The molecule has 0 radical (unpaired) electrons. The van der Waals surface area contributed by atoms with Crippen LogP contribution in [0.2, 0.25) is 0 Å². The number of rotatable bonds is 6. The normalized spacial score (nSPS) is 27.2. The molecule has 2 heterocycles. The maximum Gasteiger partial charge on any atom is 0.404 e.